The molecular weight excluding hydrogens is 442 g/mol. The molecule has 1 saturated heterocycles. The van der Waals surface area contributed by atoms with Gasteiger partial charge in [0.25, 0.3) is 11.1 Å². The van der Waals surface area contributed by atoms with Crippen molar-refractivity contribution >= 4 is 56.5 Å². The normalized spacial score (nSPS) is 15.8. The molecule has 26 heavy (non-hydrogen) atoms. The SMILES string of the molecule is O=C1S/C(=C\c2cc(Br)cc(Cl)c2O)C(=O)N1CCOc1ccccc1. The number of phenolic OH excluding ortho intramolecular Hbond substituents is 1. The van der Waals surface area contributed by atoms with Gasteiger partial charge in [-0.05, 0) is 42.1 Å². The van der Waals surface area contributed by atoms with Crippen LogP contribution in [0.15, 0.2) is 51.8 Å². The van der Waals surface area contributed by atoms with Crippen LogP contribution in [0.4, 0.5) is 4.79 Å². The number of carbonyl (C=O) groups excluding carboxylic acids is 2. The van der Waals surface area contributed by atoms with E-state index in [9.17, 15) is 14.7 Å². The first-order chi connectivity index (χ1) is 12.5. The molecule has 2 aromatic carbocycles. The summed E-state index contributed by atoms with van der Waals surface area (Å²) in [5.41, 5.74) is 0.357. The van der Waals surface area contributed by atoms with Gasteiger partial charge in [0.05, 0.1) is 16.5 Å². The maximum atomic E-state index is 12.5. The molecule has 8 heteroatoms. The lowest BCUT2D eigenvalue weighted by Crippen LogP contribution is -2.32. The van der Waals surface area contributed by atoms with Gasteiger partial charge in [-0.25, -0.2) is 0 Å². The monoisotopic (exact) mass is 453 g/mol. The molecule has 1 fully saturated rings. The minimum absolute atomic E-state index is 0.141. The van der Waals surface area contributed by atoms with Gasteiger partial charge in [-0.3, -0.25) is 14.5 Å². The number of rotatable bonds is 5. The molecule has 0 saturated carbocycles. The van der Waals surface area contributed by atoms with Gasteiger partial charge in [0.2, 0.25) is 0 Å². The number of nitrogens with zero attached hydrogens (tertiary/aromatic N) is 1. The molecule has 5 nitrogen and oxygen atoms in total. The number of amides is 2. The summed E-state index contributed by atoms with van der Waals surface area (Å²) in [6, 6.07) is 12.3. The van der Waals surface area contributed by atoms with E-state index in [2.05, 4.69) is 15.9 Å². The summed E-state index contributed by atoms with van der Waals surface area (Å²) in [6.07, 6.45) is 1.45. The highest BCUT2D eigenvalue weighted by molar-refractivity contribution is 9.10. The molecular formula is C18H13BrClNO4S. The van der Waals surface area contributed by atoms with Crippen LogP contribution in [-0.2, 0) is 4.79 Å². The third-order valence-electron chi connectivity index (χ3n) is 3.54. The van der Waals surface area contributed by atoms with E-state index in [4.69, 9.17) is 16.3 Å². The van der Waals surface area contributed by atoms with Crippen LogP contribution in [0.2, 0.25) is 5.02 Å². The van der Waals surface area contributed by atoms with Gasteiger partial charge in [-0.2, -0.15) is 0 Å². The van der Waals surface area contributed by atoms with E-state index < -0.39 is 5.91 Å². The molecule has 2 amide bonds. The number of thioether (sulfide) groups is 1. The van der Waals surface area contributed by atoms with Gasteiger partial charge in [0.15, 0.2) is 0 Å². The third kappa shape index (κ3) is 4.23. The number of imide groups is 1. The summed E-state index contributed by atoms with van der Waals surface area (Å²) in [5.74, 6) is 0.102. The van der Waals surface area contributed by atoms with Crippen LogP contribution in [0.25, 0.3) is 6.08 Å². The first-order valence-electron chi connectivity index (χ1n) is 7.57. The van der Waals surface area contributed by atoms with E-state index in [-0.39, 0.29) is 34.1 Å². The Bertz CT molecular complexity index is 888. The summed E-state index contributed by atoms with van der Waals surface area (Å²) < 4.78 is 6.18. The van der Waals surface area contributed by atoms with Gasteiger partial charge < -0.3 is 9.84 Å². The predicted octanol–water partition coefficient (Wildman–Crippen LogP) is 4.92. The fraction of sp³-hybridized carbons (Fsp3) is 0.111. The van der Waals surface area contributed by atoms with E-state index in [1.807, 2.05) is 18.2 Å². The molecule has 1 N–H and O–H groups in total. The molecule has 3 rings (SSSR count). The highest BCUT2D eigenvalue weighted by atomic mass is 79.9. The van der Waals surface area contributed by atoms with Crippen molar-refractivity contribution < 1.29 is 19.4 Å². The maximum Gasteiger partial charge on any atom is 0.293 e. The number of ether oxygens (including phenoxy) is 1. The van der Waals surface area contributed by atoms with Gasteiger partial charge >= 0.3 is 0 Å². The third-order valence-corrected chi connectivity index (χ3v) is 5.20. The summed E-state index contributed by atoms with van der Waals surface area (Å²) in [4.78, 5) is 25.9. The van der Waals surface area contributed by atoms with E-state index in [1.165, 1.54) is 6.08 Å². The first-order valence-corrected chi connectivity index (χ1v) is 9.55. The number of aromatic hydroxyl groups is 1. The number of benzene rings is 2. The second-order valence-electron chi connectivity index (χ2n) is 5.32. The molecule has 1 aliphatic rings. The van der Waals surface area contributed by atoms with Crippen LogP contribution < -0.4 is 4.74 Å². The Balaban J connectivity index is 1.70. The van der Waals surface area contributed by atoms with E-state index in [1.54, 1.807) is 24.3 Å². The van der Waals surface area contributed by atoms with Crippen molar-refractivity contribution in [3.05, 3.63) is 62.4 Å². The summed E-state index contributed by atoms with van der Waals surface area (Å²) in [5, 5.41) is 9.81. The zero-order valence-electron chi connectivity index (χ0n) is 13.3. The highest BCUT2D eigenvalue weighted by Gasteiger charge is 2.35. The number of halogens is 2. The lowest BCUT2D eigenvalue weighted by molar-refractivity contribution is -0.123. The fourth-order valence-corrected chi connectivity index (χ4v) is 3.99. The van der Waals surface area contributed by atoms with Gasteiger partial charge in [0.1, 0.15) is 18.1 Å². The molecule has 0 atom stereocenters. The molecule has 0 aliphatic carbocycles. The minimum Gasteiger partial charge on any atom is -0.506 e. The largest absolute Gasteiger partial charge is 0.506 e. The molecule has 1 heterocycles. The first kappa shape index (κ1) is 18.8. The Morgan fingerprint density at radius 2 is 1.96 bits per heavy atom. The Kier molecular flexibility index (Phi) is 5.90. The van der Waals surface area contributed by atoms with Crippen molar-refractivity contribution in [1.29, 1.82) is 0 Å². The number of phenols is 1. The zero-order chi connectivity index (χ0) is 18.7. The van der Waals surface area contributed by atoms with E-state index >= 15 is 0 Å². The van der Waals surface area contributed by atoms with Crippen molar-refractivity contribution in [2.24, 2.45) is 0 Å². The van der Waals surface area contributed by atoms with Crippen molar-refractivity contribution in [2.75, 3.05) is 13.2 Å². The van der Waals surface area contributed by atoms with Crippen LogP contribution in [0.3, 0.4) is 0 Å². The van der Waals surface area contributed by atoms with Crippen molar-refractivity contribution in [2.45, 2.75) is 0 Å². The van der Waals surface area contributed by atoms with Crippen LogP contribution in [0, 0.1) is 0 Å². The average Bonchev–Trinajstić information content (AvgIpc) is 2.87. The van der Waals surface area contributed by atoms with Crippen LogP contribution in [0.1, 0.15) is 5.56 Å². The summed E-state index contributed by atoms with van der Waals surface area (Å²) in [6.45, 7) is 0.339. The molecule has 2 aromatic rings. The second-order valence-corrected chi connectivity index (χ2v) is 7.64. The number of hydrogen-bond acceptors (Lipinski definition) is 5. The molecule has 0 spiro atoms. The van der Waals surface area contributed by atoms with E-state index in [0.29, 0.717) is 15.8 Å². The quantitative estimate of drug-likeness (QED) is 0.649. The number of carbonyl (C=O) groups is 2. The summed E-state index contributed by atoms with van der Waals surface area (Å²) >= 11 is 10.0. The lowest BCUT2D eigenvalue weighted by Gasteiger charge is -2.13. The summed E-state index contributed by atoms with van der Waals surface area (Å²) in [7, 11) is 0. The molecule has 1 aliphatic heterocycles. The smallest absolute Gasteiger partial charge is 0.293 e. The molecule has 0 radical (unpaired) electrons. The second kappa shape index (κ2) is 8.16. The Morgan fingerprint density at radius 3 is 2.69 bits per heavy atom. The van der Waals surface area contributed by atoms with Crippen molar-refractivity contribution in [3.8, 4) is 11.5 Å². The predicted molar refractivity (Wildman–Crippen MR) is 105 cm³/mol. The molecule has 0 bridgehead atoms. The van der Waals surface area contributed by atoms with E-state index in [0.717, 1.165) is 16.7 Å². The van der Waals surface area contributed by atoms with Crippen molar-refractivity contribution in [1.82, 2.24) is 4.90 Å². The topological polar surface area (TPSA) is 66.8 Å². The molecule has 134 valence electrons. The molecule has 0 aromatic heterocycles. The number of hydrogen-bond donors (Lipinski definition) is 1. The van der Waals surface area contributed by atoms with Gasteiger partial charge in [-0.1, -0.05) is 45.7 Å². The average molecular weight is 455 g/mol. The van der Waals surface area contributed by atoms with Crippen molar-refractivity contribution in [3.63, 3.8) is 0 Å². The van der Waals surface area contributed by atoms with Gasteiger partial charge in [-0.15, -0.1) is 0 Å². The Morgan fingerprint density at radius 1 is 1.23 bits per heavy atom. The van der Waals surface area contributed by atoms with Crippen LogP contribution >= 0.6 is 39.3 Å². The van der Waals surface area contributed by atoms with Crippen LogP contribution in [0.5, 0.6) is 11.5 Å². The van der Waals surface area contributed by atoms with Crippen LogP contribution in [-0.4, -0.2) is 34.3 Å². The zero-order valence-corrected chi connectivity index (χ0v) is 16.5. The highest BCUT2D eigenvalue weighted by Crippen LogP contribution is 2.37. The molecule has 0 unspecified atom stereocenters. The minimum atomic E-state index is -0.424. The standard InChI is InChI=1S/C18H13BrClNO4S/c19-12-8-11(16(22)14(20)10-12)9-15-17(23)21(18(24)26-15)6-7-25-13-4-2-1-3-5-13/h1-5,8-10,22H,6-7H2/b15-9-. The number of para-hydroxylation sites is 1. The fourth-order valence-electron chi connectivity index (χ4n) is 2.30. The lowest BCUT2D eigenvalue weighted by atomic mass is 10.2. The van der Waals surface area contributed by atoms with Gasteiger partial charge in [0, 0.05) is 10.0 Å². The Hall–Kier alpha value is -1.96. The Labute approximate surface area is 167 Å². The maximum absolute atomic E-state index is 12.5.